The molecule has 2 aromatic heterocycles. The Hall–Kier alpha value is -3.90. The first-order valence-electron chi connectivity index (χ1n) is 9.39. The predicted molar refractivity (Wildman–Crippen MR) is 122 cm³/mol. The van der Waals surface area contributed by atoms with Crippen LogP contribution in [-0.2, 0) is 0 Å². The summed E-state index contributed by atoms with van der Waals surface area (Å²) in [5.74, 6) is 1.19. The third-order valence-electron chi connectivity index (χ3n) is 4.72. The zero-order valence-corrected chi connectivity index (χ0v) is 16.6. The molecule has 0 spiro atoms. The molecule has 0 bridgehead atoms. The van der Waals surface area contributed by atoms with Crippen LogP contribution in [0.25, 0.3) is 21.1 Å². The number of para-hydroxylation sites is 2. The largest absolute Gasteiger partial charge is 0.457 e. The van der Waals surface area contributed by atoms with Crippen molar-refractivity contribution in [3.8, 4) is 11.5 Å². The number of thiophene rings is 1. The Labute approximate surface area is 176 Å². The average Bonchev–Trinajstić information content (AvgIpc) is 3.10. The molecule has 5 aromatic rings. The number of benzene rings is 3. The fourth-order valence-electron chi connectivity index (χ4n) is 3.23. The van der Waals surface area contributed by atoms with Crippen LogP contribution in [0.3, 0.4) is 0 Å². The third-order valence-corrected chi connectivity index (χ3v) is 5.83. The third kappa shape index (κ3) is 3.44. The zero-order valence-electron chi connectivity index (χ0n) is 15.8. The molecule has 0 aliphatic rings. The van der Waals surface area contributed by atoms with Gasteiger partial charge in [-0.15, -0.1) is 11.3 Å². The summed E-state index contributed by atoms with van der Waals surface area (Å²) in [5, 5.41) is 4.70. The maximum atomic E-state index is 12.8. The van der Waals surface area contributed by atoms with E-state index in [0.29, 0.717) is 22.0 Å². The van der Waals surface area contributed by atoms with Crippen molar-refractivity contribution in [3.05, 3.63) is 89.8 Å². The molecule has 5 nitrogen and oxygen atoms in total. The van der Waals surface area contributed by atoms with Crippen molar-refractivity contribution < 1.29 is 9.53 Å². The molecule has 6 heteroatoms. The van der Waals surface area contributed by atoms with Crippen LogP contribution in [0.4, 0.5) is 11.4 Å². The van der Waals surface area contributed by atoms with E-state index in [1.807, 2.05) is 72.8 Å². The van der Waals surface area contributed by atoms with E-state index in [1.165, 1.54) is 11.3 Å². The lowest BCUT2D eigenvalue weighted by molar-refractivity contribution is 0.103. The van der Waals surface area contributed by atoms with E-state index in [9.17, 15) is 4.79 Å². The van der Waals surface area contributed by atoms with E-state index >= 15 is 0 Å². The summed E-state index contributed by atoms with van der Waals surface area (Å²) in [6.07, 6.45) is 0. The van der Waals surface area contributed by atoms with Gasteiger partial charge in [-0.3, -0.25) is 4.79 Å². The summed E-state index contributed by atoms with van der Waals surface area (Å²) in [4.78, 5) is 18.7. The van der Waals surface area contributed by atoms with Crippen molar-refractivity contribution in [2.75, 3.05) is 11.1 Å². The standard InChI is InChI=1S/C24H17N3O2S/c25-21-19-14-15-6-4-5-9-20(15)27-24(19)30-22(21)23(28)26-16-10-12-18(13-11-16)29-17-7-2-1-3-8-17/h1-14H,25H2,(H,26,28). The molecule has 146 valence electrons. The van der Waals surface area contributed by atoms with Crippen molar-refractivity contribution in [2.24, 2.45) is 0 Å². The van der Waals surface area contributed by atoms with Crippen molar-refractivity contribution >= 4 is 49.7 Å². The summed E-state index contributed by atoms with van der Waals surface area (Å²) in [6.45, 7) is 0. The number of carbonyl (C=O) groups excluding carboxylic acids is 1. The summed E-state index contributed by atoms with van der Waals surface area (Å²) < 4.78 is 5.78. The molecule has 30 heavy (non-hydrogen) atoms. The fraction of sp³-hybridized carbons (Fsp3) is 0. The smallest absolute Gasteiger partial charge is 0.267 e. The molecule has 0 aliphatic carbocycles. The number of rotatable bonds is 4. The minimum atomic E-state index is -0.253. The van der Waals surface area contributed by atoms with E-state index in [-0.39, 0.29) is 5.91 Å². The van der Waals surface area contributed by atoms with Crippen LogP contribution in [0.1, 0.15) is 9.67 Å². The van der Waals surface area contributed by atoms with Crippen LogP contribution in [0.15, 0.2) is 84.9 Å². The Morgan fingerprint density at radius 2 is 1.60 bits per heavy atom. The second-order valence-corrected chi connectivity index (χ2v) is 7.77. The molecule has 0 atom stereocenters. The van der Waals surface area contributed by atoms with E-state index in [2.05, 4.69) is 10.3 Å². The summed E-state index contributed by atoms with van der Waals surface area (Å²) >= 11 is 1.30. The van der Waals surface area contributed by atoms with Gasteiger partial charge in [-0.1, -0.05) is 36.4 Å². The van der Waals surface area contributed by atoms with E-state index in [0.717, 1.165) is 26.9 Å². The molecule has 0 aliphatic heterocycles. The van der Waals surface area contributed by atoms with Gasteiger partial charge in [0.1, 0.15) is 21.2 Å². The van der Waals surface area contributed by atoms with Crippen molar-refractivity contribution in [1.29, 1.82) is 0 Å². The van der Waals surface area contributed by atoms with Gasteiger partial charge in [-0.25, -0.2) is 4.98 Å². The summed E-state index contributed by atoms with van der Waals surface area (Å²) in [5.41, 5.74) is 8.28. The number of amides is 1. The number of nitrogen functional groups attached to an aromatic ring is 1. The van der Waals surface area contributed by atoms with Gasteiger partial charge < -0.3 is 15.8 Å². The second kappa shape index (κ2) is 7.50. The highest BCUT2D eigenvalue weighted by molar-refractivity contribution is 7.21. The van der Waals surface area contributed by atoms with Crippen LogP contribution in [0, 0.1) is 0 Å². The number of hydrogen-bond donors (Lipinski definition) is 2. The molecule has 5 rings (SSSR count). The highest BCUT2D eigenvalue weighted by atomic mass is 32.1. The lowest BCUT2D eigenvalue weighted by Gasteiger charge is -2.08. The highest BCUT2D eigenvalue weighted by Gasteiger charge is 2.18. The van der Waals surface area contributed by atoms with Crippen LogP contribution in [0.2, 0.25) is 0 Å². The van der Waals surface area contributed by atoms with Gasteiger partial charge in [0.2, 0.25) is 0 Å². The Bertz CT molecular complexity index is 1360. The maximum absolute atomic E-state index is 12.8. The molecule has 3 aromatic carbocycles. The fourth-order valence-corrected chi connectivity index (χ4v) is 4.21. The van der Waals surface area contributed by atoms with Crippen LogP contribution in [0.5, 0.6) is 11.5 Å². The number of aromatic nitrogens is 1. The number of ether oxygens (including phenoxy) is 1. The molecule has 0 fully saturated rings. The highest BCUT2D eigenvalue weighted by Crippen LogP contribution is 2.35. The Morgan fingerprint density at radius 3 is 2.40 bits per heavy atom. The first-order chi connectivity index (χ1) is 14.7. The predicted octanol–water partition coefficient (Wildman–Crippen LogP) is 6.08. The molecular formula is C24H17N3O2S. The van der Waals surface area contributed by atoms with Crippen molar-refractivity contribution in [1.82, 2.24) is 4.98 Å². The number of pyridine rings is 1. The number of fused-ring (bicyclic) bond motifs is 2. The molecule has 0 unspecified atom stereocenters. The van der Waals surface area contributed by atoms with Gasteiger partial charge in [0, 0.05) is 16.5 Å². The molecule has 0 radical (unpaired) electrons. The number of carbonyl (C=O) groups is 1. The summed E-state index contributed by atoms with van der Waals surface area (Å²) in [7, 11) is 0. The molecule has 1 amide bonds. The topological polar surface area (TPSA) is 77.2 Å². The Kier molecular flexibility index (Phi) is 4.53. The first-order valence-corrected chi connectivity index (χ1v) is 10.2. The quantitative estimate of drug-likeness (QED) is 0.376. The lowest BCUT2D eigenvalue weighted by Crippen LogP contribution is -2.11. The Morgan fingerprint density at radius 1 is 0.900 bits per heavy atom. The normalized spacial score (nSPS) is 10.9. The molecule has 0 saturated carbocycles. The van der Waals surface area contributed by atoms with Gasteiger partial charge in [-0.05, 0) is 48.5 Å². The van der Waals surface area contributed by atoms with E-state index in [1.54, 1.807) is 12.1 Å². The Balaban J connectivity index is 1.37. The second-order valence-electron chi connectivity index (χ2n) is 6.77. The van der Waals surface area contributed by atoms with Crippen LogP contribution in [-0.4, -0.2) is 10.9 Å². The number of nitrogens with one attached hydrogen (secondary N) is 1. The van der Waals surface area contributed by atoms with E-state index in [4.69, 9.17) is 10.5 Å². The minimum absolute atomic E-state index is 0.253. The molecule has 2 heterocycles. The van der Waals surface area contributed by atoms with Gasteiger partial charge >= 0.3 is 0 Å². The lowest BCUT2D eigenvalue weighted by atomic mass is 10.1. The number of hydrogen-bond acceptors (Lipinski definition) is 5. The zero-order chi connectivity index (χ0) is 20.5. The van der Waals surface area contributed by atoms with Gasteiger partial charge in [0.15, 0.2) is 0 Å². The molecule has 3 N–H and O–H groups in total. The molecular weight excluding hydrogens is 394 g/mol. The number of nitrogens with two attached hydrogens (primary N) is 1. The number of nitrogens with zero attached hydrogens (tertiary/aromatic N) is 1. The summed E-state index contributed by atoms with van der Waals surface area (Å²) in [6, 6.07) is 26.6. The van der Waals surface area contributed by atoms with Gasteiger partial charge in [0.25, 0.3) is 5.91 Å². The average molecular weight is 411 g/mol. The van der Waals surface area contributed by atoms with Gasteiger partial charge in [0.05, 0.1) is 11.2 Å². The maximum Gasteiger partial charge on any atom is 0.267 e. The van der Waals surface area contributed by atoms with Crippen LogP contribution >= 0.6 is 11.3 Å². The number of anilines is 2. The van der Waals surface area contributed by atoms with Crippen molar-refractivity contribution in [2.45, 2.75) is 0 Å². The SMILES string of the molecule is Nc1c(C(=O)Nc2ccc(Oc3ccccc3)cc2)sc2nc3ccccc3cc12. The van der Waals surface area contributed by atoms with Crippen molar-refractivity contribution in [3.63, 3.8) is 0 Å². The first kappa shape index (κ1) is 18.1. The monoisotopic (exact) mass is 411 g/mol. The van der Waals surface area contributed by atoms with E-state index < -0.39 is 0 Å². The minimum Gasteiger partial charge on any atom is -0.457 e. The van der Waals surface area contributed by atoms with Crippen LogP contribution < -0.4 is 15.8 Å². The molecule has 0 saturated heterocycles. The van der Waals surface area contributed by atoms with Gasteiger partial charge in [-0.2, -0.15) is 0 Å².